The molecule has 0 unspecified atom stereocenters. The second kappa shape index (κ2) is 17.9. The molecule has 0 saturated heterocycles. The van der Waals surface area contributed by atoms with E-state index in [-0.39, 0.29) is 0 Å². The van der Waals surface area contributed by atoms with Gasteiger partial charge in [0.05, 0.1) is 0 Å². The number of fused-ring (bicyclic) bond motifs is 24. The molecule has 10 nitrogen and oxygen atoms in total. The normalized spacial score (nSPS) is 19.0. The second-order valence-corrected chi connectivity index (χ2v) is 25.8. The van der Waals surface area contributed by atoms with Crippen molar-refractivity contribution in [3.63, 3.8) is 0 Å². The van der Waals surface area contributed by atoms with Crippen LogP contribution in [-0.4, -0.2) is 44.5 Å². The van der Waals surface area contributed by atoms with Gasteiger partial charge >= 0.3 is 498 Å². The van der Waals surface area contributed by atoms with E-state index in [4.69, 9.17) is 16.4 Å². The topological polar surface area (TPSA) is 32.4 Å². The number of nitrogens with zero attached hydrogens (tertiary/aromatic N) is 10. The summed E-state index contributed by atoms with van der Waals surface area (Å²) in [4.78, 5) is 17.4. The minimum absolute atomic E-state index is 0.417. The molecule has 6 aliphatic heterocycles. The molecule has 0 atom stereocenters. The molecule has 0 aromatic heterocycles. The van der Waals surface area contributed by atoms with Gasteiger partial charge in [-0.1, -0.05) is 0 Å². The Labute approximate surface area is 495 Å². The van der Waals surface area contributed by atoms with Gasteiger partial charge in [-0.3, -0.25) is 0 Å². The van der Waals surface area contributed by atoms with Gasteiger partial charge in [-0.15, -0.1) is 0 Å². The first-order valence-electron chi connectivity index (χ1n) is 31.5. The van der Waals surface area contributed by atoms with Crippen LogP contribution in [0.15, 0.2) is 182 Å². The van der Waals surface area contributed by atoms with Crippen LogP contribution in [0, 0.1) is 31.2 Å². The van der Waals surface area contributed by atoms with Crippen LogP contribution in [0.2, 0.25) is 0 Å². The summed E-state index contributed by atoms with van der Waals surface area (Å²) in [5.41, 5.74) is 11.6. The molecule has 79 heavy (non-hydrogen) atoms. The Morgan fingerprint density at radius 1 is 0.329 bits per heavy atom. The standard InChI is InChI=1S/C67H54N10.2Pt/c1-47-35-55(74-45-70(7)61-25-11-15-29-65(61)74)41-57(36-47)76(53-21-17-19-51(39-53)72-43-68(5)59-23-9-13-27-63(59)72)49-31-33-50(34-32-49)77(54-22-18-20-52(40-54)73-44-69(6)60-24-10-14-28-64(60)73)58-38-48(67(2,3)4)37-56(42-58)75-46-71(8)62-26-12-16-30-66(62)75;;/h9-38H,1-8H3;;/q-4;;/i5D3,6D3,7D3,8D3;;. The first-order chi connectivity index (χ1) is 43.2. The first-order valence-corrected chi connectivity index (χ1v) is 30.1. The Morgan fingerprint density at radius 3 is 0.949 bits per heavy atom. The second-order valence-electron chi connectivity index (χ2n) is 20.6. The fourth-order valence-corrected chi connectivity index (χ4v) is 17.1. The Kier molecular flexibility index (Phi) is 8.36. The van der Waals surface area contributed by atoms with Gasteiger partial charge in [0.1, 0.15) is 0 Å². The Hall–Kier alpha value is -8.16. The predicted octanol–water partition coefficient (Wildman–Crippen LogP) is 14.3. The van der Waals surface area contributed by atoms with Crippen molar-refractivity contribution in [2.75, 3.05) is 76.9 Å². The zero-order chi connectivity index (χ0) is 63.6. The zero-order valence-electron chi connectivity index (χ0n) is 54.9. The molecule has 9 aromatic rings. The van der Waals surface area contributed by atoms with Crippen LogP contribution < -0.4 is 49.0 Å². The molecule has 8 bridgehead atoms. The van der Waals surface area contributed by atoms with Crippen LogP contribution in [0.3, 0.4) is 0 Å². The van der Waals surface area contributed by atoms with Gasteiger partial charge in [-0.2, -0.15) is 0 Å². The number of hydrogen-bond donors (Lipinski definition) is 0. The molecule has 6 heterocycles. The minimum atomic E-state index is -2.69. The third-order valence-corrected chi connectivity index (χ3v) is 20.7. The van der Waals surface area contributed by atoms with E-state index in [1.165, 1.54) is 19.6 Å². The van der Waals surface area contributed by atoms with Gasteiger partial charge < -0.3 is 0 Å². The maximum atomic E-state index is 9.16. The van der Waals surface area contributed by atoms with E-state index in [0.29, 0.717) is 119 Å². The van der Waals surface area contributed by atoms with Crippen LogP contribution >= 0.6 is 0 Å². The van der Waals surface area contributed by atoms with Gasteiger partial charge in [0.2, 0.25) is 0 Å². The van der Waals surface area contributed by atoms with Gasteiger partial charge in [-0.05, 0) is 0 Å². The molecule has 0 aliphatic carbocycles. The van der Waals surface area contributed by atoms with Crippen LogP contribution in [0.25, 0.3) is 0 Å². The number of para-hydroxylation sites is 8. The molecule has 0 amide bonds. The third kappa shape index (κ3) is 7.44. The molecule has 9 aromatic carbocycles. The molecule has 6 aliphatic rings. The molecule has 396 valence electrons. The number of anilines is 18. The third-order valence-electron chi connectivity index (χ3n) is 14.6. The van der Waals surface area contributed by atoms with Gasteiger partial charge in [0.25, 0.3) is 0 Å². The molecule has 0 radical (unpaired) electrons. The van der Waals surface area contributed by atoms with Crippen molar-refractivity contribution in [3.05, 3.63) is 217 Å². The summed E-state index contributed by atoms with van der Waals surface area (Å²) in [5.74, 6) is 0. The van der Waals surface area contributed by atoms with E-state index in [1.807, 2.05) is 177 Å². The van der Waals surface area contributed by atoms with Gasteiger partial charge in [0, 0.05) is 0 Å². The van der Waals surface area contributed by atoms with Crippen LogP contribution in [0.1, 0.15) is 48.3 Å². The monoisotopic (exact) mass is 1400 g/mol. The van der Waals surface area contributed by atoms with Crippen LogP contribution in [0.4, 0.5) is 102 Å². The summed E-state index contributed by atoms with van der Waals surface area (Å²) in [6, 6.07) is 72.2. The summed E-state index contributed by atoms with van der Waals surface area (Å²) >= 11 is -3.43. The number of benzene rings is 9. The van der Waals surface area contributed by atoms with E-state index in [9.17, 15) is 0 Å². The molecule has 0 N–H and O–H groups in total. The number of hydrogen-bond acceptors (Lipinski definition) is 10. The number of aryl methyl sites for hydroxylation is 1. The Balaban J connectivity index is 0.962. The van der Waals surface area contributed by atoms with Crippen molar-refractivity contribution in [1.82, 2.24) is 0 Å². The molecule has 0 fully saturated rings. The predicted molar refractivity (Wildman–Crippen MR) is 323 cm³/mol. The summed E-state index contributed by atoms with van der Waals surface area (Å²) in [7, 11) is 0. The van der Waals surface area contributed by atoms with Crippen LogP contribution in [0.5, 0.6) is 0 Å². The maximum absolute atomic E-state index is 9.16. The Morgan fingerprint density at radius 2 is 0.608 bits per heavy atom. The molecular weight excluding hydrogens is 1330 g/mol. The van der Waals surface area contributed by atoms with E-state index in [0.717, 1.165) is 11.1 Å². The molecular formula is C67H54N10Pt2-4. The zero-order valence-corrected chi connectivity index (χ0v) is 47.5. The van der Waals surface area contributed by atoms with Crippen molar-refractivity contribution < 1.29 is 51.7 Å². The van der Waals surface area contributed by atoms with Crippen LogP contribution in [-0.2, 0) is 40.7 Å². The quantitative estimate of drug-likeness (QED) is 0.156. The summed E-state index contributed by atoms with van der Waals surface area (Å²) < 4.78 is 111. The fourth-order valence-electron chi connectivity index (χ4n) is 10.9. The van der Waals surface area contributed by atoms with E-state index in [2.05, 4.69) is 56.0 Å². The summed E-state index contributed by atoms with van der Waals surface area (Å²) in [6.07, 6.45) is 0. The van der Waals surface area contributed by atoms with Crippen molar-refractivity contribution in [2.45, 2.75) is 33.1 Å². The average molecular weight is 1400 g/mol. The van der Waals surface area contributed by atoms with Crippen molar-refractivity contribution in [1.29, 1.82) is 0 Å². The van der Waals surface area contributed by atoms with E-state index < -0.39 is 68.6 Å². The molecule has 0 spiro atoms. The molecule has 15 rings (SSSR count). The SMILES string of the molecule is [2H]C([2H])([2H])N1[C]2=[Pt]=[C]3N(c4[c-]c(cc(C)c4)N(c4ccc(N5c6[c-]c(ccc6)N6[C](=[Pt]=[C]7N(c8[c-]c5cc(C(C)(C)C)c8)c5ccccc5N7C([2H])([2H])[2H])N(C([2H])([2H])[2H])c5ccccc56)cc4)c4[c-]c(ccc4)N2c2ccccc21)c1ccccc1N3C([2H])([2H])[2H]. The summed E-state index contributed by atoms with van der Waals surface area (Å²) in [5, 5.41) is 0. The first kappa shape index (κ1) is 36.8. The van der Waals surface area contributed by atoms with Crippen molar-refractivity contribution >= 4 is 119 Å². The van der Waals surface area contributed by atoms with Gasteiger partial charge in [0.15, 0.2) is 0 Å². The van der Waals surface area contributed by atoms with Gasteiger partial charge in [-0.25, -0.2) is 0 Å². The molecule has 0 saturated carbocycles. The average Bonchev–Trinajstić information content (AvgIpc) is 1.59. The van der Waals surface area contributed by atoms with E-state index in [1.54, 1.807) is 30.3 Å². The Bertz CT molecular complexity index is 4680. The van der Waals surface area contributed by atoms with E-state index >= 15 is 0 Å². The fraction of sp³-hybridized carbons (Fsp3) is 0.134. The summed E-state index contributed by atoms with van der Waals surface area (Å²) in [6.45, 7) is -2.35. The number of rotatable bonds is 2. The van der Waals surface area contributed by atoms with Crippen molar-refractivity contribution in [2.24, 2.45) is 0 Å². The van der Waals surface area contributed by atoms with Crippen molar-refractivity contribution in [3.8, 4) is 0 Å². The molecule has 12 heteroatoms.